The van der Waals surface area contributed by atoms with Crippen LogP contribution in [0.3, 0.4) is 0 Å². The van der Waals surface area contributed by atoms with Crippen LogP contribution in [0, 0.1) is 6.92 Å². The van der Waals surface area contributed by atoms with Crippen LogP contribution in [0.1, 0.15) is 27.3 Å². The summed E-state index contributed by atoms with van der Waals surface area (Å²) in [6, 6.07) is 9.49. The van der Waals surface area contributed by atoms with E-state index >= 15 is 0 Å². The number of halogens is 4. The lowest BCUT2D eigenvalue weighted by Crippen LogP contribution is -2.18. The summed E-state index contributed by atoms with van der Waals surface area (Å²) in [4.78, 5) is 15.8. The Kier molecular flexibility index (Phi) is 5.46. The maximum absolute atomic E-state index is 12.9. The molecule has 0 bridgehead atoms. The van der Waals surface area contributed by atoms with Gasteiger partial charge < -0.3 is 0 Å². The van der Waals surface area contributed by atoms with Crippen molar-refractivity contribution in [2.24, 2.45) is 5.10 Å². The first-order valence-electron chi connectivity index (χ1n) is 7.94. The van der Waals surface area contributed by atoms with Crippen molar-refractivity contribution in [2.45, 2.75) is 13.1 Å². The number of hydrogen-bond donors (Lipinski definition) is 1. The Morgan fingerprint density at radius 2 is 2.04 bits per heavy atom. The molecule has 2 heterocycles. The number of amides is 1. The smallest absolute Gasteiger partial charge is 0.266 e. The summed E-state index contributed by atoms with van der Waals surface area (Å²) in [5.41, 5.74) is 2.62. The van der Waals surface area contributed by atoms with Crippen LogP contribution in [0.4, 0.5) is 13.2 Å². The van der Waals surface area contributed by atoms with Crippen LogP contribution < -0.4 is 5.43 Å². The highest BCUT2D eigenvalue weighted by Gasteiger charge is 2.30. The third-order valence-electron chi connectivity index (χ3n) is 3.72. The van der Waals surface area contributed by atoms with Gasteiger partial charge in [-0.2, -0.15) is 23.4 Å². The SMILES string of the molecule is Cc1nn(-c2cccc(C(F)(F)F)c2)c(Cl)c1/C=N\NC(=O)c1ccccn1. The van der Waals surface area contributed by atoms with Crippen molar-refractivity contribution < 1.29 is 18.0 Å². The number of nitrogens with one attached hydrogen (secondary N) is 1. The Morgan fingerprint density at radius 3 is 2.71 bits per heavy atom. The topological polar surface area (TPSA) is 72.2 Å². The molecule has 1 N–H and O–H groups in total. The molecule has 144 valence electrons. The Labute approximate surface area is 162 Å². The third kappa shape index (κ3) is 4.20. The normalized spacial score (nSPS) is 11.8. The van der Waals surface area contributed by atoms with E-state index in [0.29, 0.717) is 11.3 Å². The minimum absolute atomic E-state index is 0.0626. The number of benzene rings is 1. The van der Waals surface area contributed by atoms with E-state index in [0.717, 1.165) is 12.1 Å². The van der Waals surface area contributed by atoms with Gasteiger partial charge in [0, 0.05) is 6.20 Å². The average molecular weight is 408 g/mol. The van der Waals surface area contributed by atoms with Gasteiger partial charge in [0.15, 0.2) is 0 Å². The van der Waals surface area contributed by atoms with Gasteiger partial charge in [0.05, 0.1) is 28.7 Å². The summed E-state index contributed by atoms with van der Waals surface area (Å²) < 4.78 is 39.9. The maximum Gasteiger partial charge on any atom is 0.416 e. The summed E-state index contributed by atoms with van der Waals surface area (Å²) in [6.45, 7) is 1.62. The highest BCUT2D eigenvalue weighted by molar-refractivity contribution is 6.32. The Bertz CT molecular complexity index is 1030. The van der Waals surface area contributed by atoms with Crippen LogP contribution in [0.2, 0.25) is 5.15 Å². The fourth-order valence-corrected chi connectivity index (χ4v) is 2.67. The molecule has 0 unspecified atom stereocenters. The van der Waals surface area contributed by atoms with Crippen LogP contribution in [0.25, 0.3) is 5.69 Å². The molecular formula is C18H13ClF3N5O. The minimum atomic E-state index is -4.48. The summed E-state index contributed by atoms with van der Waals surface area (Å²) in [7, 11) is 0. The molecule has 10 heteroatoms. The highest BCUT2D eigenvalue weighted by atomic mass is 35.5. The van der Waals surface area contributed by atoms with Crippen molar-refractivity contribution in [3.8, 4) is 5.69 Å². The first-order chi connectivity index (χ1) is 13.3. The van der Waals surface area contributed by atoms with Crippen molar-refractivity contribution >= 4 is 23.7 Å². The van der Waals surface area contributed by atoms with Crippen LogP contribution in [-0.4, -0.2) is 26.9 Å². The number of pyridine rings is 1. The first kappa shape index (κ1) is 19.6. The molecule has 0 spiro atoms. The zero-order valence-corrected chi connectivity index (χ0v) is 15.2. The fourth-order valence-electron chi connectivity index (χ4n) is 2.35. The largest absolute Gasteiger partial charge is 0.416 e. The fraction of sp³-hybridized carbons (Fsp3) is 0.111. The summed E-state index contributed by atoms with van der Waals surface area (Å²) in [5.74, 6) is -0.518. The number of alkyl halides is 3. The van der Waals surface area contributed by atoms with E-state index in [9.17, 15) is 18.0 Å². The van der Waals surface area contributed by atoms with E-state index in [4.69, 9.17) is 11.6 Å². The predicted molar refractivity (Wildman–Crippen MR) is 97.6 cm³/mol. The van der Waals surface area contributed by atoms with Crippen molar-refractivity contribution in [1.29, 1.82) is 0 Å². The van der Waals surface area contributed by atoms with E-state index in [1.54, 1.807) is 19.1 Å². The maximum atomic E-state index is 12.9. The molecule has 0 aliphatic heterocycles. The lowest BCUT2D eigenvalue weighted by atomic mass is 10.2. The molecule has 0 saturated heterocycles. The molecule has 0 fully saturated rings. The number of hydrazone groups is 1. The quantitative estimate of drug-likeness (QED) is 0.524. The van der Waals surface area contributed by atoms with Gasteiger partial charge in [-0.15, -0.1) is 0 Å². The molecule has 0 aliphatic carbocycles. The van der Waals surface area contributed by atoms with Gasteiger partial charge in [-0.3, -0.25) is 9.78 Å². The van der Waals surface area contributed by atoms with Gasteiger partial charge in [-0.05, 0) is 37.3 Å². The number of carbonyl (C=O) groups is 1. The predicted octanol–water partition coefficient (Wildman–Crippen LogP) is 4.01. The van der Waals surface area contributed by atoms with Gasteiger partial charge in [0.2, 0.25) is 0 Å². The summed E-state index contributed by atoms with van der Waals surface area (Å²) >= 11 is 6.27. The first-order valence-corrected chi connectivity index (χ1v) is 8.32. The summed E-state index contributed by atoms with van der Waals surface area (Å²) in [6.07, 6.45) is -1.74. The molecule has 3 rings (SSSR count). The second-order valence-electron chi connectivity index (χ2n) is 5.66. The van der Waals surface area contributed by atoms with E-state index in [2.05, 4.69) is 20.6 Å². The number of carbonyl (C=O) groups excluding carboxylic acids is 1. The molecule has 28 heavy (non-hydrogen) atoms. The molecule has 0 radical (unpaired) electrons. The molecule has 0 atom stereocenters. The second kappa shape index (κ2) is 7.81. The Balaban J connectivity index is 1.84. The zero-order chi connectivity index (χ0) is 20.3. The van der Waals surface area contributed by atoms with Crippen LogP contribution in [0.15, 0.2) is 53.8 Å². The average Bonchev–Trinajstić information content (AvgIpc) is 2.96. The molecule has 0 aliphatic rings. The van der Waals surface area contributed by atoms with Crippen LogP contribution in [0.5, 0.6) is 0 Å². The monoisotopic (exact) mass is 407 g/mol. The van der Waals surface area contributed by atoms with E-state index in [1.807, 2.05) is 0 Å². The lowest BCUT2D eigenvalue weighted by molar-refractivity contribution is -0.137. The highest BCUT2D eigenvalue weighted by Crippen LogP contribution is 2.31. The molecule has 3 aromatic rings. The van der Waals surface area contributed by atoms with Crippen LogP contribution >= 0.6 is 11.6 Å². The molecule has 2 aromatic heterocycles. The summed E-state index contributed by atoms with van der Waals surface area (Å²) in [5, 5.41) is 8.04. The van der Waals surface area contributed by atoms with Gasteiger partial charge in [0.25, 0.3) is 5.91 Å². The molecule has 0 saturated carbocycles. The molecule has 1 amide bonds. The molecular weight excluding hydrogens is 395 g/mol. The molecule has 6 nitrogen and oxygen atoms in total. The number of nitrogens with zero attached hydrogens (tertiary/aromatic N) is 4. The van der Waals surface area contributed by atoms with Crippen molar-refractivity contribution in [3.63, 3.8) is 0 Å². The van der Waals surface area contributed by atoms with Gasteiger partial charge >= 0.3 is 6.18 Å². The van der Waals surface area contributed by atoms with Crippen LogP contribution in [-0.2, 0) is 6.18 Å². The number of aromatic nitrogens is 3. The zero-order valence-electron chi connectivity index (χ0n) is 14.4. The molecule has 1 aromatic carbocycles. The Morgan fingerprint density at radius 1 is 1.25 bits per heavy atom. The number of rotatable bonds is 4. The van der Waals surface area contributed by atoms with Gasteiger partial charge in [-0.25, -0.2) is 10.1 Å². The minimum Gasteiger partial charge on any atom is -0.266 e. The Hall–Kier alpha value is -3.20. The van der Waals surface area contributed by atoms with E-state index in [1.165, 1.54) is 35.3 Å². The number of hydrogen-bond acceptors (Lipinski definition) is 4. The number of aryl methyl sites for hydroxylation is 1. The third-order valence-corrected chi connectivity index (χ3v) is 4.09. The van der Waals surface area contributed by atoms with Gasteiger partial charge in [-0.1, -0.05) is 23.7 Å². The lowest BCUT2D eigenvalue weighted by Gasteiger charge is -2.09. The second-order valence-corrected chi connectivity index (χ2v) is 6.02. The van der Waals surface area contributed by atoms with Gasteiger partial charge in [0.1, 0.15) is 10.8 Å². The van der Waals surface area contributed by atoms with Crippen molar-refractivity contribution in [1.82, 2.24) is 20.2 Å². The van der Waals surface area contributed by atoms with Crippen molar-refractivity contribution in [2.75, 3.05) is 0 Å². The van der Waals surface area contributed by atoms with Crippen molar-refractivity contribution in [3.05, 3.63) is 76.3 Å². The standard InChI is InChI=1S/C18H13ClF3N5O/c1-11-14(10-24-25-17(28)15-7-2-3-8-23-15)16(19)27(26-11)13-6-4-5-12(9-13)18(20,21)22/h2-10H,1H3,(H,25,28)/b24-10-. The van der Waals surface area contributed by atoms with E-state index in [-0.39, 0.29) is 16.5 Å². The van der Waals surface area contributed by atoms with E-state index < -0.39 is 17.6 Å².